The summed E-state index contributed by atoms with van der Waals surface area (Å²) in [5.74, 6) is 1.22. The summed E-state index contributed by atoms with van der Waals surface area (Å²) < 4.78 is 0. The molecule has 128 valence electrons. The van der Waals surface area contributed by atoms with E-state index in [9.17, 15) is 4.79 Å². The van der Waals surface area contributed by atoms with Gasteiger partial charge in [0.2, 0.25) is 5.91 Å². The molecule has 4 nitrogen and oxygen atoms in total. The van der Waals surface area contributed by atoms with Gasteiger partial charge in [0, 0.05) is 37.9 Å². The minimum atomic E-state index is 0. The van der Waals surface area contributed by atoms with Crippen molar-refractivity contribution >= 4 is 18.3 Å². The van der Waals surface area contributed by atoms with E-state index in [1.54, 1.807) is 6.20 Å². The number of halogens is 1. The van der Waals surface area contributed by atoms with E-state index in [-0.39, 0.29) is 24.4 Å². The van der Waals surface area contributed by atoms with Gasteiger partial charge in [-0.25, -0.2) is 0 Å². The highest BCUT2D eigenvalue weighted by Gasteiger charge is 2.32. The number of piperazine rings is 1. The van der Waals surface area contributed by atoms with E-state index in [1.807, 2.05) is 12.3 Å². The quantitative estimate of drug-likeness (QED) is 0.917. The maximum absolute atomic E-state index is 12.9. The molecule has 1 aliphatic heterocycles. The van der Waals surface area contributed by atoms with Crippen molar-refractivity contribution < 1.29 is 4.79 Å². The predicted octanol–water partition coefficient (Wildman–Crippen LogP) is 3.19. The first kappa shape index (κ1) is 18.2. The second-order valence-electron chi connectivity index (χ2n) is 6.83. The van der Waals surface area contributed by atoms with Crippen molar-refractivity contribution in [1.82, 2.24) is 15.2 Å². The van der Waals surface area contributed by atoms with Crippen molar-refractivity contribution in [3.05, 3.63) is 30.1 Å². The Hall–Kier alpha value is -1.13. The zero-order valence-electron chi connectivity index (χ0n) is 13.9. The first-order valence-electron chi connectivity index (χ1n) is 8.67. The summed E-state index contributed by atoms with van der Waals surface area (Å²) in [6.45, 7) is 4.63. The third kappa shape index (κ3) is 4.45. The number of carbonyl (C=O) groups is 1. The van der Waals surface area contributed by atoms with Gasteiger partial charge in [-0.1, -0.05) is 38.7 Å². The standard InChI is InChI=1S/C18H27N3O.ClH/c1-14(11-15-5-2-3-6-15)18(22)21-10-9-20-13-17(21)16-7-4-8-19-12-16;/h4,7-8,12,14-15,17,20H,2-3,5-6,9-11,13H2,1H3;1H. The SMILES string of the molecule is CC(CC1CCCC1)C(=O)N1CCNCC1c1cccnc1.Cl. The molecule has 5 heteroatoms. The molecule has 1 N–H and O–H groups in total. The van der Waals surface area contributed by atoms with E-state index < -0.39 is 0 Å². The Labute approximate surface area is 145 Å². The molecule has 23 heavy (non-hydrogen) atoms. The van der Waals surface area contributed by atoms with Crippen molar-refractivity contribution in [2.45, 2.75) is 45.1 Å². The Kier molecular flexibility index (Phi) is 6.85. The molecule has 1 saturated carbocycles. The number of amides is 1. The van der Waals surface area contributed by atoms with Crippen molar-refractivity contribution in [3.8, 4) is 0 Å². The average Bonchev–Trinajstić information content (AvgIpc) is 3.08. The fourth-order valence-electron chi connectivity index (χ4n) is 3.97. The number of carbonyl (C=O) groups excluding carboxylic acids is 1. The van der Waals surface area contributed by atoms with Crippen LogP contribution >= 0.6 is 12.4 Å². The van der Waals surface area contributed by atoms with E-state index in [0.717, 1.165) is 37.5 Å². The third-order valence-electron chi connectivity index (χ3n) is 5.18. The van der Waals surface area contributed by atoms with Gasteiger partial charge in [0.1, 0.15) is 0 Å². The van der Waals surface area contributed by atoms with Crippen LogP contribution in [0.1, 0.15) is 50.6 Å². The van der Waals surface area contributed by atoms with Crippen LogP contribution in [0.5, 0.6) is 0 Å². The number of rotatable bonds is 4. The maximum atomic E-state index is 12.9. The Morgan fingerprint density at radius 1 is 1.43 bits per heavy atom. The number of nitrogens with one attached hydrogen (secondary N) is 1. The minimum Gasteiger partial charge on any atom is -0.333 e. The zero-order valence-corrected chi connectivity index (χ0v) is 14.7. The van der Waals surface area contributed by atoms with Gasteiger partial charge in [-0.05, 0) is 24.0 Å². The van der Waals surface area contributed by atoms with E-state index in [0.29, 0.717) is 5.91 Å². The molecule has 2 atom stereocenters. The lowest BCUT2D eigenvalue weighted by Gasteiger charge is -2.38. The number of pyridine rings is 1. The van der Waals surface area contributed by atoms with Gasteiger partial charge in [-0.15, -0.1) is 12.4 Å². The van der Waals surface area contributed by atoms with Crippen LogP contribution in [0.3, 0.4) is 0 Å². The van der Waals surface area contributed by atoms with Crippen LogP contribution in [0.25, 0.3) is 0 Å². The lowest BCUT2D eigenvalue weighted by Crippen LogP contribution is -2.50. The second kappa shape index (κ2) is 8.65. The van der Waals surface area contributed by atoms with Crippen molar-refractivity contribution in [2.24, 2.45) is 11.8 Å². The lowest BCUT2D eigenvalue weighted by atomic mass is 9.92. The van der Waals surface area contributed by atoms with Crippen LogP contribution in [-0.4, -0.2) is 35.4 Å². The van der Waals surface area contributed by atoms with E-state index in [4.69, 9.17) is 0 Å². The second-order valence-corrected chi connectivity index (χ2v) is 6.83. The fourth-order valence-corrected chi connectivity index (χ4v) is 3.97. The highest BCUT2D eigenvalue weighted by molar-refractivity contribution is 5.85. The average molecular weight is 338 g/mol. The normalized spacial score (nSPS) is 23.3. The highest BCUT2D eigenvalue weighted by Crippen LogP contribution is 2.32. The highest BCUT2D eigenvalue weighted by atomic mass is 35.5. The summed E-state index contributed by atoms with van der Waals surface area (Å²) in [6.07, 6.45) is 10.0. The summed E-state index contributed by atoms with van der Waals surface area (Å²) in [5, 5.41) is 3.41. The Morgan fingerprint density at radius 3 is 2.91 bits per heavy atom. The van der Waals surface area contributed by atoms with Crippen LogP contribution in [0, 0.1) is 11.8 Å². The molecule has 2 unspecified atom stereocenters. The lowest BCUT2D eigenvalue weighted by molar-refractivity contribution is -0.139. The molecule has 0 bridgehead atoms. The molecule has 0 spiro atoms. The van der Waals surface area contributed by atoms with Crippen LogP contribution in [0.4, 0.5) is 0 Å². The maximum Gasteiger partial charge on any atom is 0.226 e. The van der Waals surface area contributed by atoms with Gasteiger partial charge in [0.15, 0.2) is 0 Å². The molecule has 1 saturated heterocycles. The van der Waals surface area contributed by atoms with E-state index in [1.165, 1.54) is 25.7 Å². The Morgan fingerprint density at radius 2 is 2.22 bits per heavy atom. The van der Waals surface area contributed by atoms with Crippen LogP contribution in [0.2, 0.25) is 0 Å². The van der Waals surface area contributed by atoms with Crippen LogP contribution in [0.15, 0.2) is 24.5 Å². The summed E-state index contributed by atoms with van der Waals surface area (Å²) >= 11 is 0. The molecule has 1 aromatic rings. The molecule has 1 aliphatic carbocycles. The van der Waals surface area contributed by atoms with Gasteiger partial charge in [0.05, 0.1) is 6.04 Å². The van der Waals surface area contributed by atoms with Crippen molar-refractivity contribution in [2.75, 3.05) is 19.6 Å². The molecule has 2 fully saturated rings. The predicted molar refractivity (Wildman–Crippen MR) is 94.5 cm³/mol. The molecule has 1 aromatic heterocycles. The minimum absolute atomic E-state index is 0. The molecule has 0 radical (unpaired) electrons. The summed E-state index contributed by atoms with van der Waals surface area (Å²) in [4.78, 5) is 19.2. The molecular weight excluding hydrogens is 310 g/mol. The monoisotopic (exact) mass is 337 g/mol. The number of nitrogens with zero attached hydrogens (tertiary/aromatic N) is 2. The topological polar surface area (TPSA) is 45.2 Å². The molecule has 0 aromatic carbocycles. The number of hydrogen-bond donors (Lipinski definition) is 1. The number of aromatic nitrogens is 1. The van der Waals surface area contributed by atoms with Gasteiger partial charge in [-0.3, -0.25) is 9.78 Å². The molecule has 3 rings (SSSR count). The summed E-state index contributed by atoms with van der Waals surface area (Å²) in [6, 6.07) is 4.15. The zero-order chi connectivity index (χ0) is 15.4. The Bertz CT molecular complexity index is 490. The summed E-state index contributed by atoms with van der Waals surface area (Å²) in [5.41, 5.74) is 1.14. The van der Waals surface area contributed by atoms with Gasteiger partial charge in [-0.2, -0.15) is 0 Å². The van der Waals surface area contributed by atoms with E-state index >= 15 is 0 Å². The first-order chi connectivity index (χ1) is 10.8. The fraction of sp³-hybridized carbons (Fsp3) is 0.667. The Balaban J connectivity index is 0.00000192. The largest absolute Gasteiger partial charge is 0.333 e. The van der Waals surface area contributed by atoms with E-state index in [2.05, 4.69) is 28.2 Å². The van der Waals surface area contributed by atoms with Crippen molar-refractivity contribution in [3.63, 3.8) is 0 Å². The van der Waals surface area contributed by atoms with Gasteiger partial charge >= 0.3 is 0 Å². The third-order valence-corrected chi connectivity index (χ3v) is 5.18. The molecular formula is C18H28ClN3O. The number of hydrogen-bond acceptors (Lipinski definition) is 3. The molecule has 2 heterocycles. The van der Waals surface area contributed by atoms with Gasteiger partial charge < -0.3 is 10.2 Å². The smallest absolute Gasteiger partial charge is 0.226 e. The van der Waals surface area contributed by atoms with Crippen molar-refractivity contribution in [1.29, 1.82) is 0 Å². The van der Waals surface area contributed by atoms with Crippen LogP contribution < -0.4 is 5.32 Å². The summed E-state index contributed by atoms with van der Waals surface area (Å²) in [7, 11) is 0. The van der Waals surface area contributed by atoms with Gasteiger partial charge in [0.25, 0.3) is 0 Å². The van der Waals surface area contributed by atoms with Crippen LogP contribution in [-0.2, 0) is 4.79 Å². The molecule has 1 amide bonds. The first-order valence-corrected chi connectivity index (χ1v) is 8.67. The molecule has 2 aliphatic rings.